The van der Waals surface area contributed by atoms with E-state index in [9.17, 15) is 4.79 Å². The number of ether oxygens (including phenoxy) is 1. The van der Waals surface area contributed by atoms with E-state index in [-0.39, 0.29) is 5.97 Å². The topological polar surface area (TPSA) is 29.3 Å². The zero-order chi connectivity index (χ0) is 8.97. The quantitative estimate of drug-likeness (QED) is 0.359. The lowest BCUT2D eigenvalue weighted by Gasteiger charge is -2.02. The van der Waals surface area contributed by atoms with Crippen LogP contribution >= 0.6 is 0 Å². The van der Waals surface area contributed by atoms with Crippen LogP contribution in [0.1, 0.15) is 20.3 Å². The van der Waals surface area contributed by atoms with Crippen molar-refractivity contribution < 1.29 is 9.53 Å². The summed E-state index contributed by atoms with van der Waals surface area (Å²) in [5.41, 5.74) is 0.695. The first-order valence-corrected chi connectivity index (χ1v) is 4.33. The van der Waals surface area contributed by atoms with Crippen molar-refractivity contribution in [3.8, 4) is 0 Å². The highest BCUT2D eigenvalue weighted by atomic mass is 16.5. The van der Waals surface area contributed by atoms with Gasteiger partial charge in [0.25, 0.3) is 0 Å². The molecular weight excluding hydrogens is 154 g/mol. The summed E-state index contributed by atoms with van der Waals surface area (Å²) in [6, 6.07) is 0. The average molecular weight is 169 g/mol. The Balaban J connectivity index is 2.29. The Bertz CT molecular complexity index is 195. The van der Waals surface area contributed by atoms with Crippen molar-refractivity contribution in [3.05, 3.63) is 11.8 Å². The Labute approximate surface area is 73.0 Å². The standard InChI is InChI=1S/C9H15NO2/c1-3-6-12-9(11)8(2)7-10-4-5-10/h7H,3-6H2,1-2H3/b8-7+. The molecule has 1 heterocycles. The van der Waals surface area contributed by atoms with Gasteiger partial charge in [0.15, 0.2) is 0 Å². The molecule has 0 aliphatic carbocycles. The van der Waals surface area contributed by atoms with Crippen molar-refractivity contribution in [1.29, 1.82) is 0 Å². The van der Waals surface area contributed by atoms with Gasteiger partial charge in [-0.2, -0.15) is 0 Å². The van der Waals surface area contributed by atoms with E-state index in [2.05, 4.69) is 4.90 Å². The summed E-state index contributed by atoms with van der Waals surface area (Å²) >= 11 is 0. The van der Waals surface area contributed by atoms with Gasteiger partial charge in [-0.1, -0.05) is 6.92 Å². The molecule has 1 fully saturated rings. The summed E-state index contributed by atoms with van der Waals surface area (Å²) in [6.45, 7) is 6.42. The summed E-state index contributed by atoms with van der Waals surface area (Å²) < 4.78 is 4.95. The maximum absolute atomic E-state index is 11.1. The third-order valence-corrected chi connectivity index (χ3v) is 1.62. The van der Waals surface area contributed by atoms with Crippen LogP contribution in [-0.4, -0.2) is 30.6 Å². The van der Waals surface area contributed by atoms with Crippen molar-refractivity contribution in [2.45, 2.75) is 20.3 Å². The summed E-state index contributed by atoms with van der Waals surface area (Å²) in [4.78, 5) is 13.2. The van der Waals surface area contributed by atoms with Gasteiger partial charge in [-0.15, -0.1) is 0 Å². The maximum Gasteiger partial charge on any atom is 0.335 e. The number of esters is 1. The van der Waals surface area contributed by atoms with E-state index in [1.165, 1.54) is 0 Å². The highest BCUT2D eigenvalue weighted by Crippen LogP contribution is 2.08. The number of hydrogen-bond acceptors (Lipinski definition) is 3. The molecule has 3 nitrogen and oxygen atoms in total. The first-order chi connectivity index (χ1) is 5.74. The first-order valence-electron chi connectivity index (χ1n) is 4.33. The van der Waals surface area contributed by atoms with Crippen molar-refractivity contribution in [2.24, 2.45) is 0 Å². The molecule has 0 amide bonds. The summed E-state index contributed by atoms with van der Waals surface area (Å²) in [7, 11) is 0. The van der Waals surface area contributed by atoms with E-state index in [1.54, 1.807) is 6.92 Å². The fourth-order valence-electron chi connectivity index (χ4n) is 0.822. The molecule has 0 unspecified atom stereocenters. The minimum atomic E-state index is -0.191. The van der Waals surface area contributed by atoms with Crippen LogP contribution in [0.3, 0.4) is 0 Å². The van der Waals surface area contributed by atoms with Crippen LogP contribution in [0.5, 0.6) is 0 Å². The molecule has 0 radical (unpaired) electrons. The Kier molecular flexibility index (Phi) is 3.14. The van der Waals surface area contributed by atoms with Crippen LogP contribution < -0.4 is 0 Å². The first kappa shape index (κ1) is 9.10. The lowest BCUT2D eigenvalue weighted by molar-refractivity contribution is -0.139. The minimum absolute atomic E-state index is 0.191. The number of nitrogens with zero attached hydrogens (tertiary/aromatic N) is 1. The Morgan fingerprint density at radius 2 is 2.25 bits per heavy atom. The van der Waals surface area contributed by atoms with Gasteiger partial charge in [0.1, 0.15) is 0 Å². The number of carbonyl (C=O) groups is 1. The number of hydrogen-bond donors (Lipinski definition) is 0. The Morgan fingerprint density at radius 1 is 1.58 bits per heavy atom. The second kappa shape index (κ2) is 4.14. The molecular formula is C9H15NO2. The molecule has 1 saturated heterocycles. The van der Waals surface area contributed by atoms with E-state index in [0.717, 1.165) is 19.5 Å². The zero-order valence-corrected chi connectivity index (χ0v) is 7.67. The molecule has 12 heavy (non-hydrogen) atoms. The van der Waals surface area contributed by atoms with E-state index < -0.39 is 0 Å². The van der Waals surface area contributed by atoms with Gasteiger partial charge < -0.3 is 9.64 Å². The predicted octanol–water partition coefficient (Wildman–Crippen LogP) is 1.16. The maximum atomic E-state index is 11.1. The van der Waals surface area contributed by atoms with Crippen LogP contribution in [0.15, 0.2) is 11.8 Å². The monoisotopic (exact) mass is 169 g/mol. The molecule has 1 aliphatic rings. The average Bonchev–Trinajstić information content (AvgIpc) is 2.83. The van der Waals surface area contributed by atoms with Gasteiger partial charge in [0.05, 0.1) is 6.61 Å². The summed E-state index contributed by atoms with van der Waals surface area (Å²) in [5.74, 6) is -0.191. The number of rotatable bonds is 4. The lowest BCUT2D eigenvalue weighted by atomic mass is 10.3. The van der Waals surface area contributed by atoms with Crippen LogP contribution in [-0.2, 0) is 9.53 Å². The molecule has 1 rings (SSSR count). The normalized spacial score (nSPS) is 16.2. The van der Waals surface area contributed by atoms with Gasteiger partial charge >= 0.3 is 5.97 Å². The molecule has 0 aromatic rings. The van der Waals surface area contributed by atoms with Crippen LogP contribution in [0, 0.1) is 0 Å². The van der Waals surface area contributed by atoms with Gasteiger partial charge in [-0.05, 0) is 13.3 Å². The van der Waals surface area contributed by atoms with E-state index in [4.69, 9.17) is 4.74 Å². The summed E-state index contributed by atoms with van der Waals surface area (Å²) in [5, 5.41) is 0. The molecule has 0 spiro atoms. The van der Waals surface area contributed by atoms with Crippen molar-refractivity contribution >= 4 is 5.97 Å². The van der Waals surface area contributed by atoms with Crippen molar-refractivity contribution in [1.82, 2.24) is 4.90 Å². The van der Waals surface area contributed by atoms with Crippen LogP contribution in [0.4, 0.5) is 0 Å². The minimum Gasteiger partial charge on any atom is -0.462 e. The summed E-state index contributed by atoms with van der Waals surface area (Å²) in [6.07, 6.45) is 2.74. The van der Waals surface area contributed by atoms with Crippen LogP contribution in [0.25, 0.3) is 0 Å². The fourth-order valence-corrected chi connectivity index (χ4v) is 0.822. The molecule has 3 heteroatoms. The van der Waals surface area contributed by atoms with E-state index in [1.807, 2.05) is 13.1 Å². The van der Waals surface area contributed by atoms with Gasteiger partial charge in [-0.25, -0.2) is 4.79 Å². The lowest BCUT2D eigenvalue weighted by Crippen LogP contribution is -2.07. The molecule has 0 aromatic heterocycles. The molecule has 0 N–H and O–H groups in total. The molecule has 1 aliphatic heterocycles. The van der Waals surface area contributed by atoms with Gasteiger partial charge in [-0.3, -0.25) is 0 Å². The molecule has 0 aromatic carbocycles. The van der Waals surface area contributed by atoms with Crippen molar-refractivity contribution in [3.63, 3.8) is 0 Å². The van der Waals surface area contributed by atoms with E-state index >= 15 is 0 Å². The number of carbonyl (C=O) groups excluding carboxylic acids is 1. The SMILES string of the molecule is CCCOC(=O)/C(C)=C/N1CC1. The zero-order valence-electron chi connectivity index (χ0n) is 7.67. The largest absolute Gasteiger partial charge is 0.462 e. The Hall–Kier alpha value is -0.990. The van der Waals surface area contributed by atoms with E-state index in [0.29, 0.717) is 12.2 Å². The molecule has 0 saturated carbocycles. The second-order valence-corrected chi connectivity index (χ2v) is 2.98. The third-order valence-electron chi connectivity index (χ3n) is 1.62. The fraction of sp³-hybridized carbons (Fsp3) is 0.667. The molecule has 0 bridgehead atoms. The Morgan fingerprint density at radius 3 is 2.75 bits per heavy atom. The second-order valence-electron chi connectivity index (χ2n) is 2.98. The molecule has 0 atom stereocenters. The highest BCUT2D eigenvalue weighted by Gasteiger charge is 2.15. The molecule has 68 valence electrons. The van der Waals surface area contributed by atoms with Gasteiger partial charge in [0, 0.05) is 24.9 Å². The highest BCUT2D eigenvalue weighted by molar-refractivity contribution is 5.87. The predicted molar refractivity (Wildman–Crippen MR) is 46.6 cm³/mol. The smallest absolute Gasteiger partial charge is 0.335 e. The van der Waals surface area contributed by atoms with Crippen molar-refractivity contribution in [2.75, 3.05) is 19.7 Å². The third kappa shape index (κ3) is 2.95. The van der Waals surface area contributed by atoms with Crippen LogP contribution in [0.2, 0.25) is 0 Å². The van der Waals surface area contributed by atoms with Gasteiger partial charge in [0.2, 0.25) is 0 Å².